The largest absolute Gasteiger partial charge is 0.344 e. The molecule has 6 nitrogen and oxygen atoms in total. The van der Waals surface area contributed by atoms with Crippen molar-refractivity contribution in [3.63, 3.8) is 0 Å². The van der Waals surface area contributed by atoms with Crippen molar-refractivity contribution in [2.24, 2.45) is 0 Å². The minimum absolute atomic E-state index is 0.141. The van der Waals surface area contributed by atoms with E-state index in [0.29, 0.717) is 18.3 Å². The number of hydrogen-bond donors (Lipinski definition) is 0. The zero-order valence-electron chi connectivity index (χ0n) is 10.4. The van der Waals surface area contributed by atoms with E-state index in [1.165, 1.54) is 0 Å². The summed E-state index contributed by atoms with van der Waals surface area (Å²) in [6.07, 6.45) is 6.21. The first-order valence-corrected chi connectivity index (χ1v) is 6.30. The van der Waals surface area contributed by atoms with E-state index < -0.39 is 0 Å². The summed E-state index contributed by atoms with van der Waals surface area (Å²) in [5, 5.41) is 3.99. The Hall–Kier alpha value is -2.24. The molecule has 0 radical (unpaired) electrons. The summed E-state index contributed by atoms with van der Waals surface area (Å²) in [6, 6.07) is 3.68. The Bertz CT molecular complexity index is 555. The van der Waals surface area contributed by atoms with Crippen molar-refractivity contribution >= 4 is 6.41 Å². The van der Waals surface area contributed by atoms with E-state index in [1.54, 1.807) is 17.3 Å². The van der Waals surface area contributed by atoms with E-state index in [2.05, 4.69) is 15.1 Å². The second-order valence-corrected chi connectivity index (χ2v) is 4.63. The summed E-state index contributed by atoms with van der Waals surface area (Å²) in [4.78, 5) is 21.0. The maximum atomic E-state index is 10.8. The monoisotopic (exact) mass is 258 g/mol. The van der Waals surface area contributed by atoms with Gasteiger partial charge in [-0.2, -0.15) is 4.98 Å². The molecule has 1 aliphatic heterocycles. The molecule has 1 aliphatic rings. The van der Waals surface area contributed by atoms with Gasteiger partial charge in [0.2, 0.25) is 18.1 Å². The number of aromatic nitrogens is 3. The predicted octanol–water partition coefficient (Wildman–Crippen LogP) is 1.47. The molecule has 98 valence electrons. The lowest BCUT2D eigenvalue weighted by Gasteiger charge is -2.27. The molecule has 2 aromatic heterocycles. The van der Waals surface area contributed by atoms with E-state index >= 15 is 0 Å². The summed E-state index contributed by atoms with van der Waals surface area (Å²) in [5.74, 6) is 1.32. The van der Waals surface area contributed by atoms with Crippen LogP contribution in [-0.2, 0) is 4.79 Å². The highest BCUT2D eigenvalue weighted by Gasteiger charge is 2.25. The van der Waals surface area contributed by atoms with Crippen LogP contribution in [-0.4, -0.2) is 39.5 Å². The van der Waals surface area contributed by atoms with Crippen LogP contribution in [0.5, 0.6) is 0 Å². The SMILES string of the molecule is O=CN1CCCC(c2nc(-c3ccncc3)no2)C1. The van der Waals surface area contributed by atoms with Crippen LogP contribution in [0.2, 0.25) is 0 Å². The van der Waals surface area contributed by atoms with E-state index in [1.807, 2.05) is 12.1 Å². The van der Waals surface area contributed by atoms with Crippen molar-refractivity contribution in [3.05, 3.63) is 30.4 Å². The van der Waals surface area contributed by atoms with Crippen molar-refractivity contribution in [1.82, 2.24) is 20.0 Å². The fourth-order valence-electron chi connectivity index (χ4n) is 2.32. The van der Waals surface area contributed by atoms with Crippen LogP contribution in [0.25, 0.3) is 11.4 Å². The minimum atomic E-state index is 0.141. The summed E-state index contributed by atoms with van der Waals surface area (Å²) >= 11 is 0. The quantitative estimate of drug-likeness (QED) is 0.779. The maximum Gasteiger partial charge on any atom is 0.231 e. The summed E-state index contributed by atoms with van der Waals surface area (Å²) in [7, 11) is 0. The number of amides is 1. The standard InChI is InChI=1S/C13H14N4O2/c18-9-17-7-1-2-11(8-17)13-15-12(16-19-13)10-3-5-14-6-4-10/h3-6,9,11H,1-2,7-8H2. The average molecular weight is 258 g/mol. The Labute approximate surface area is 110 Å². The maximum absolute atomic E-state index is 10.8. The molecule has 0 saturated carbocycles. The van der Waals surface area contributed by atoms with Crippen LogP contribution >= 0.6 is 0 Å². The molecular formula is C13H14N4O2. The van der Waals surface area contributed by atoms with Gasteiger partial charge in [-0.1, -0.05) is 5.16 Å². The molecule has 1 unspecified atom stereocenters. The van der Waals surface area contributed by atoms with Gasteiger partial charge in [-0.05, 0) is 25.0 Å². The average Bonchev–Trinajstić information content (AvgIpc) is 2.98. The zero-order valence-corrected chi connectivity index (χ0v) is 10.4. The molecular weight excluding hydrogens is 244 g/mol. The Morgan fingerprint density at radius 2 is 2.21 bits per heavy atom. The molecule has 0 aliphatic carbocycles. The lowest BCUT2D eigenvalue weighted by molar-refractivity contribution is -0.119. The third-order valence-corrected chi connectivity index (χ3v) is 3.33. The van der Waals surface area contributed by atoms with Crippen molar-refractivity contribution in [3.8, 4) is 11.4 Å². The molecule has 1 saturated heterocycles. The topological polar surface area (TPSA) is 72.1 Å². The molecule has 0 bridgehead atoms. The smallest absolute Gasteiger partial charge is 0.231 e. The molecule has 2 aromatic rings. The van der Waals surface area contributed by atoms with Gasteiger partial charge in [-0.25, -0.2) is 0 Å². The molecule has 3 rings (SSSR count). The lowest BCUT2D eigenvalue weighted by atomic mass is 9.98. The number of carbonyl (C=O) groups excluding carboxylic acids is 1. The number of nitrogens with zero attached hydrogens (tertiary/aromatic N) is 4. The Morgan fingerprint density at radius 1 is 1.37 bits per heavy atom. The molecule has 1 amide bonds. The Kier molecular flexibility index (Phi) is 3.22. The van der Waals surface area contributed by atoms with Gasteiger partial charge >= 0.3 is 0 Å². The van der Waals surface area contributed by atoms with Gasteiger partial charge in [0.05, 0.1) is 5.92 Å². The van der Waals surface area contributed by atoms with Gasteiger partial charge in [0.15, 0.2) is 0 Å². The summed E-state index contributed by atoms with van der Waals surface area (Å²) < 4.78 is 5.33. The number of likely N-dealkylation sites (tertiary alicyclic amines) is 1. The third-order valence-electron chi connectivity index (χ3n) is 3.33. The number of piperidine rings is 1. The second-order valence-electron chi connectivity index (χ2n) is 4.63. The fraction of sp³-hybridized carbons (Fsp3) is 0.385. The molecule has 1 fully saturated rings. The molecule has 19 heavy (non-hydrogen) atoms. The number of carbonyl (C=O) groups is 1. The van der Waals surface area contributed by atoms with E-state index in [-0.39, 0.29) is 5.92 Å². The number of rotatable bonds is 3. The van der Waals surface area contributed by atoms with Gasteiger partial charge < -0.3 is 9.42 Å². The van der Waals surface area contributed by atoms with Gasteiger partial charge in [0.25, 0.3) is 0 Å². The third kappa shape index (κ3) is 2.47. The highest BCUT2D eigenvalue weighted by molar-refractivity contribution is 5.52. The van der Waals surface area contributed by atoms with Crippen molar-refractivity contribution < 1.29 is 9.32 Å². The molecule has 0 spiro atoms. The molecule has 1 atom stereocenters. The van der Waals surface area contributed by atoms with Crippen molar-refractivity contribution in [1.29, 1.82) is 0 Å². The van der Waals surface area contributed by atoms with E-state index in [9.17, 15) is 4.79 Å². The van der Waals surface area contributed by atoms with Gasteiger partial charge in [-0.3, -0.25) is 9.78 Å². The molecule has 3 heterocycles. The van der Waals surface area contributed by atoms with Gasteiger partial charge in [0, 0.05) is 31.0 Å². The zero-order chi connectivity index (χ0) is 13.1. The van der Waals surface area contributed by atoms with Gasteiger partial charge in [-0.15, -0.1) is 0 Å². The van der Waals surface area contributed by atoms with Crippen LogP contribution in [0.15, 0.2) is 29.0 Å². The van der Waals surface area contributed by atoms with Gasteiger partial charge in [0.1, 0.15) is 0 Å². The van der Waals surface area contributed by atoms with Crippen LogP contribution in [0.4, 0.5) is 0 Å². The summed E-state index contributed by atoms with van der Waals surface area (Å²) in [6.45, 7) is 1.47. The normalized spacial score (nSPS) is 19.4. The molecule has 0 N–H and O–H groups in total. The molecule has 0 aromatic carbocycles. The van der Waals surface area contributed by atoms with Crippen molar-refractivity contribution in [2.75, 3.05) is 13.1 Å². The number of hydrogen-bond acceptors (Lipinski definition) is 5. The Morgan fingerprint density at radius 3 is 3.00 bits per heavy atom. The van der Waals surface area contributed by atoms with Crippen LogP contribution in [0, 0.1) is 0 Å². The van der Waals surface area contributed by atoms with Crippen LogP contribution < -0.4 is 0 Å². The minimum Gasteiger partial charge on any atom is -0.344 e. The van der Waals surface area contributed by atoms with Crippen LogP contribution in [0.3, 0.4) is 0 Å². The van der Waals surface area contributed by atoms with Crippen molar-refractivity contribution in [2.45, 2.75) is 18.8 Å². The second kappa shape index (κ2) is 5.17. The molecule has 6 heteroatoms. The highest BCUT2D eigenvalue weighted by atomic mass is 16.5. The number of pyridine rings is 1. The first-order valence-electron chi connectivity index (χ1n) is 6.30. The lowest BCUT2D eigenvalue weighted by Crippen LogP contribution is -2.33. The first-order chi connectivity index (χ1) is 9.36. The first kappa shape index (κ1) is 11.8. The van der Waals surface area contributed by atoms with Crippen LogP contribution in [0.1, 0.15) is 24.7 Å². The summed E-state index contributed by atoms with van der Waals surface area (Å²) in [5.41, 5.74) is 0.882. The fourth-order valence-corrected chi connectivity index (χ4v) is 2.32. The Balaban J connectivity index is 1.79. The highest BCUT2D eigenvalue weighted by Crippen LogP contribution is 2.26. The van der Waals surface area contributed by atoms with E-state index in [4.69, 9.17) is 4.52 Å². The van der Waals surface area contributed by atoms with E-state index in [0.717, 1.165) is 31.4 Å². The predicted molar refractivity (Wildman–Crippen MR) is 67.1 cm³/mol.